The average molecular weight is 409 g/mol. The number of rotatable bonds is 6. The van der Waals surface area contributed by atoms with E-state index >= 15 is 0 Å². The van der Waals surface area contributed by atoms with Crippen molar-refractivity contribution in [1.29, 1.82) is 0 Å². The van der Waals surface area contributed by atoms with Gasteiger partial charge in [0.1, 0.15) is 5.75 Å². The van der Waals surface area contributed by atoms with Gasteiger partial charge in [0, 0.05) is 5.69 Å². The van der Waals surface area contributed by atoms with Crippen LogP contribution in [-0.2, 0) is 0 Å². The molecule has 2 aromatic rings. The first-order valence-electron chi connectivity index (χ1n) is 11.2. The summed E-state index contributed by atoms with van der Waals surface area (Å²) in [5, 5.41) is 6.24. The number of hydrogen-bond acceptors (Lipinski definition) is 2. The Labute approximate surface area is 181 Å². The van der Waals surface area contributed by atoms with E-state index in [1.807, 2.05) is 37.3 Å². The van der Waals surface area contributed by atoms with E-state index in [1.165, 1.54) is 18.4 Å². The Bertz CT molecular complexity index is 788. The molecule has 1 saturated carbocycles. The molecule has 162 valence electrons. The van der Waals surface area contributed by atoms with Gasteiger partial charge < -0.3 is 15.4 Å². The van der Waals surface area contributed by atoms with Crippen molar-refractivity contribution < 1.29 is 9.53 Å². The Balaban J connectivity index is 1.67. The molecule has 0 spiro atoms. The maximum atomic E-state index is 12.8. The van der Waals surface area contributed by atoms with Crippen LogP contribution in [0.3, 0.4) is 0 Å². The molecular formula is C26H36N2O2. The predicted octanol–water partition coefficient (Wildman–Crippen LogP) is 6.80. The highest BCUT2D eigenvalue weighted by molar-refractivity contribution is 5.89. The normalized spacial score (nSPS) is 20.3. The van der Waals surface area contributed by atoms with Crippen molar-refractivity contribution in [3.63, 3.8) is 0 Å². The SMILES string of the molecule is CCOc1ccc(NC(=O)NC(c2ccccc2)C2CCC(C(C)(C)C)CC2)cc1. The van der Waals surface area contributed by atoms with E-state index in [2.05, 4.69) is 55.7 Å². The van der Waals surface area contributed by atoms with Crippen molar-refractivity contribution in [3.05, 3.63) is 60.2 Å². The third-order valence-electron chi connectivity index (χ3n) is 6.34. The van der Waals surface area contributed by atoms with Gasteiger partial charge in [-0.1, -0.05) is 51.1 Å². The van der Waals surface area contributed by atoms with Crippen molar-refractivity contribution in [2.45, 2.75) is 59.4 Å². The minimum absolute atomic E-state index is 0.0230. The van der Waals surface area contributed by atoms with E-state index in [1.54, 1.807) is 0 Å². The first kappa shape index (κ1) is 22.2. The lowest BCUT2D eigenvalue weighted by Gasteiger charge is -2.39. The molecule has 1 aliphatic rings. The highest BCUT2D eigenvalue weighted by Gasteiger charge is 2.34. The molecule has 2 amide bonds. The Hall–Kier alpha value is -2.49. The van der Waals surface area contributed by atoms with Crippen molar-refractivity contribution in [2.75, 3.05) is 11.9 Å². The number of hydrogen-bond donors (Lipinski definition) is 2. The lowest BCUT2D eigenvalue weighted by molar-refractivity contribution is 0.134. The summed E-state index contributed by atoms with van der Waals surface area (Å²) in [7, 11) is 0. The van der Waals surface area contributed by atoms with Gasteiger partial charge in [0.2, 0.25) is 0 Å². The molecule has 4 heteroatoms. The van der Waals surface area contributed by atoms with Gasteiger partial charge in [-0.2, -0.15) is 0 Å². The Morgan fingerprint density at radius 1 is 1.00 bits per heavy atom. The van der Waals surface area contributed by atoms with E-state index < -0.39 is 0 Å². The number of urea groups is 1. The van der Waals surface area contributed by atoms with Crippen LogP contribution >= 0.6 is 0 Å². The number of nitrogens with one attached hydrogen (secondary N) is 2. The summed E-state index contributed by atoms with van der Waals surface area (Å²) in [6, 6.07) is 17.7. The largest absolute Gasteiger partial charge is 0.494 e. The van der Waals surface area contributed by atoms with Crippen LogP contribution in [0.5, 0.6) is 5.75 Å². The van der Waals surface area contributed by atoms with Gasteiger partial charge in [0.15, 0.2) is 0 Å². The number of carbonyl (C=O) groups is 1. The number of ether oxygens (including phenoxy) is 1. The second-order valence-electron chi connectivity index (χ2n) is 9.42. The Morgan fingerprint density at radius 3 is 2.20 bits per heavy atom. The summed E-state index contributed by atoms with van der Waals surface area (Å²) >= 11 is 0. The predicted molar refractivity (Wildman–Crippen MR) is 124 cm³/mol. The van der Waals surface area contributed by atoms with E-state index in [0.29, 0.717) is 17.9 Å². The molecule has 0 saturated heterocycles. The van der Waals surface area contributed by atoms with Crippen molar-refractivity contribution in [3.8, 4) is 5.75 Å². The topological polar surface area (TPSA) is 50.4 Å². The molecule has 3 rings (SSSR count). The van der Waals surface area contributed by atoms with E-state index in [9.17, 15) is 4.79 Å². The monoisotopic (exact) mass is 408 g/mol. The average Bonchev–Trinajstić information content (AvgIpc) is 2.74. The summed E-state index contributed by atoms with van der Waals surface area (Å²) in [4.78, 5) is 12.8. The van der Waals surface area contributed by atoms with E-state index in [4.69, 9.17) is 4.74 Å². The third-order valence-corrected chi connectivity index (χ3v) is 6.34. The first-order valence-corrected chi connectivity index (χ1v) is 11.2. The standard InChI is InChI=1S/C26H36N2O2/c1-5-30-23-17-15-22(16-18-23)27-25(29)28-24(19-9-7-6-8-10-19)20-11-13-21(14-12-20)26(2,3)4/h6-10,15-18,20-21,24H,5,11-14H2,1-4H3,(H2,27,28,29). The van der Waals surface area contributed by atoms with E-state index in [-0.39, 0.29) is 12.1 Å². The quantitative estimate of drug-likeness (QED) is 0.552. The maximum absolute atomic E-state index is 12.8. The molecule has 0 heterocycles. The minimum Gasteiger partial charge on any atom is -0.494 e. The number of benzene rings is 2. The molecule has 30 heavy (non-hydrogen) atoms. The molecule has 2 aromatic carbocycles. The summed E-state index contributed by atoms with van der Waals surface area (Å²) in [6.07, 6.45) is 4.73. The van der Waals surface area contributed by atoms with Gasteiger partial charge >= 0.3 is 6.03 Å². The van der Waals surface area contributed by atoms with Gasteiger partial charge in [0.05, 0.1) is 12.6 Å². The van der Waals surface area contributed by atoms with Crippen LogP contribution in [0.15, 0.2) is 54.6 Å². The lowest BCUT2D eigenvalue weighted by atomic mass is 9.68. The smallest absolute Gasteiger partial charge is 0.319 e. The van der Waals surface area contributed by atoms with Gasteiger partial charge in [0.25, 0.3) is 0 Å². The van der Waals surface area contributed by atoms with Crippen LogP contribution in [0.2, 0.25) is 0 Å². The highest BCUT2D eigenvalue weighted by atomic mass is 16.5. The number of anilines is 1. The fourth-order valence-electron chi connectivity index (χ4n) is 4.56. The third kappa shape index (κ3) is 6.01. The minimum atomic E-state index is -0.161. The first-order chi connectivity index (χ1) is 14.4. The van der Waals surface area contributed by atoms with E-state index in [0.717, 1.165) is 30.2 Å². The van der Waals surface area contributed by atoms with Crippen molar-refractivity contribution in [1.82, 2.24) is 5.32 Å². The molecular weight excluding hydrogens is 372 g/mol. The van der Waals surface area contributed by atoms with Crippen LogP contribution in [0, 0.1) is 17.3 Å². The summed E-state index contributed by atoms with van der Waals surface area (Å²) in [5.41, 5.74) is 2.30. The summed E-state index contributed by atoms with van der Waals surface area (Å²) in [5.74, 6) is 2.01. The number of carbonyl (C=O) groups excluding carboxylic acids is 1. The second kappa shape index (κ2) is 10.0. The van der Waals surface area contributed by atoms with Crippen LogP contribution in [0.4, 0.5) is 10.5 Å². The molecule has 0 aliphatic heterocycles. The molecule has 2 N–H and O–H groups in total. The molecule has 1 unspecified atom stereocenters. The van der Waals surface area contributed by atoms with Crippen LogP contribution in [-0.4, -0.2) is 12.6 Å². The molecule has 1 fully saturated rings. The molecule has 4 nitrogen and oxygen atoms in total. The van der Waals surface area contributed by atoms with Crippen LogP contribution in [0.25, 0.3) is 0 Å². The highest BCUT2D eigenvalue weighted by Crippen LogP contribution is 2.43. The fourth-order valence-corrected chi connectivity index (χ4v) is 4.56. The molecule has 1 atom stereocenters. The molecule has 1 aliphatic carbocycles. The molecule has 0 bridgehead atoms. The zero-order chi connectivity index (χ0) is 21.6. The van der Waals surface area contributed by atoms with Gasteiger partial charge in [-0.05, 0) is 79.7 Å². The Kier molecular flexibility index (Phi) is 7.41. The Morgan fingerprint density at radius 2 is 1.63 bits per heavy atom. The number of amides is 2. The summed E-state index contributed by atoms with van der Waals surface area (Å²) < 4.78 is 5.47. The van der Waals surface area contributed by atoms with Crippen LogP contribution < -0.4 is 15.4 Å². The zero-order valence-electron chi connectivity index (χ0n) is 18.8. The van der Waals surface area contributed by atoms with Crippen molar-refractivity contribution in [2.24, 2.45) is 17.3 Å². The van der Waals surface area contributed by atoms with Gasteiger partial charge in [-0.15, -0.1) is 0 Å². The van der Waals surface area contributed by atoms with Gasteiger partial charge in [-0.3, -0.25) is 0 Å². The fraction of sp³-hybridized carbons (Fsp3) is 0.500. The second-order valence-corrected chi connectivity index (χ2v) is 9.42. The molecule has 0 aromatic heterocycles. The zero-order valence-corrected chi connectivity index (χ0v) is 18.8. The summed E-state index contributed by atoms with van der Waals surface area (Å²) in [6.45, 7) is 9.61. The van der Waals surface area contributed by atoms with Crippen LogP contribution in [0.1, 0.15) is 65.0 Å². The lowest BCUT2D eigenvalue weighted by Crippen LogP contribution is -2.38. The molecule has 0 radical (unpaired) electrons. The van der Waals surface area contributed by atoms with Gasteiger partial charge in [-0.25, -0.2) is 4.79 Å². The maximum Gasteiger partial charge on any atom is 0.319 e. The van der Waals surface area contributed by atoms with Crippen molar-refractivity contribution >= 4 is 11.7 Å².